The van der Waals surface area contributed by atoms with E-state index in [0.29, 0.717) is 11.7 Å². The van der Waals surface area contributed by atoms with Crippen LogP contribution in [-0.4, -0.2) is 17.0 Å². The maximum absolute atomic E-state index is 5.54. The molecule has 0 amide bonds. The van der Waals surface area contributed by atoms with Crippen LogP contribution in [0.3, 0.4) is 0 Å². The Morgan fingerprint density at radius 2 is 2.21 bits per heavy atom. The number of hydrazine groups is 1. The van der Waals surface area contributed by atoms with E-state index in [0.717, 1.165) is 17.9 Å². The van der Waals surface area contributed by atoms with Gasteiger partial charge in [0.05, 0.1) is 6.54 Å². The molecular formula is C13H19N5S. The number of nitrogens with zero attached hydrogens (tertiary/aromatic N) is 3. The van der Waals surface area contributed by atoms with E-state index in [2.05, 4.69) is 51.7 Å². The zero-order valence-corrected chi connectivity index (χ0v) is 12.2. The molecule has 19 heavy (non-hydrogen) atoms. The number of nitrogens with two attached hydrogens (primary N) is 1. The van der Waals surface area contributed by atoms with Crippen LogP contribution in [0.1, 0.15) is 30.2 Å². The Hall–Kier alpha value is -1.66. The monoisotopic (exact) mass is 277 g/mol. The second kappa shape index (κ2) is 5.99. The van der Waals surface area contributed by atoms with E-state index < -0.39 is 0 Å². The average molecular weight is 277 g/mol. The smallest absolute Gasteiger partial charge is 0.148 e. The molecule has 0 bridgehead atoms. The standard InChI is InChI=1S/C13H19N5S/c1-9(2)11-12(17-14)15-8-16-13(11)18(3)7-10-5-4-6-19-10/h4-6,8-9H,7,14H2,1-3H3,(H,15,16,17). The number of rotatable bonds is 5. The minimum atomic E-state index is 0.299. The van der Waals surface area contributed by atoms with Crippen LogP contribution in [0.4, 0.5) is 11.6 Å². The highest BCUT2D eigenvalue weighted by Gasteiger charge is 2.17. The van der Waals surface area contributed by atoms with Crippen LogP contribution in [0.5, 0.6) is 0 Å². The molecule has 2 aromatic heterocycles. The van der Waals surface area contributed by atoms with Gasteiger partial charge in [0.25, 0.3) is 0 Å². The quantitative estimate of drug-likeness (QED) is 0.649. The van der Waals surface area contributed by atoms with E-state index in [-0.39, 0.29) is 0 Å². The van der Waals surface area contributed by atoms with Crippen molar-refractivity contribution >= 4 is 23.0 Å². The number of hydrogen-bond acceptors (Lipinski definition) is 6. The summed E-state index contributed by atoms with van der Waals surface area (Å²) in [6.07, 6.45) is 1.54. The summed E-state index contributed by atoms with van der Waals surface area (Å²) in [5, 5.41) is 2.08. The van der Waals surface area contributed by atoms with Crippen molar-refractivity contribution in [2.24, 2.45) is 5.84 Å². The lowest BCUT2D eigenvalue weighted by atomic mass is 10.0. The lowest BCUT2D eigenvalue weighted by Gasteiger charge is -2.23. The third-order valence-electron chi connectivity index (χ3n) is 2.91. The Kier molecular flexibility index (Phi) is 4.34. The van der Waals surface area contributed by atoms with Crippen molar-refractivity contribution in [3.63, 3.8) is 0 Å². The van der Waals surface area contributed by atoms with Crippen LogP contribution in [0.15, 0.2) is 23.8 Å². The second-order valence-electron chi connectivity index (χ2n) is 4.69. The number of aromatic nitrogens is 2. The Morgan fingerprint density at radius 3 is 2.79 bits per heavy atom. The first-order chi connectivity index (χ1) is 9.13. The molecule has 5 nitrogen and oxygen atoms in total. The van der Waals surface area contributed by atoms with Crippen molar-refractivity contribution in [2.75, 3.05) is 17.4 Å². The van der Waals surface area contributed by atoms with Gasteiger partial charge in [-0.05, 0) is 17.4 Å². The number of nitrogen functional groups attached to an aromatic ring is 1. The van der Waals surface area contributed by atoms with Gasteiger partial charge in [-0.1, -0.05) is 19.9 Å². The Morgan fingerprint density at radius 1 is 1.42 bits per heavy atom. The lowest BCUT2D eigenvalue weighted by molar-refractivity contribution is 0.812. The fraction of sp³-hybridized carbons (Fsp3) is 0.385. The molecular weight excluding hydrogens is 258 g/mol. The SMILES string of the molecule is CC(C)c1c(NN)ncnc1N(C)Cc1cccs1. The van der Waals surface area contributed by atoms with Crippen molar-refractivity contribution in [3.8, 4) is 0 Å². The van der Waals surface area contributed by atoms with Crippen molar-refractivity contribution in [1.82, 2.24) is 9.97 Å². The fourth-order valence-electron chi connectivity index (χ4n) is 2.05. The maximum Gasteiger partial charge on any atom is 0.148 e. The van der Waals surface area contributed by atoms with E-state index in [1.807, 2.05) is 7.05 Å². The molecule has 2 aromatic rings. The van der Waals surface area contributed by atoms with Gasteiger partial charge in [0, 0.05) is 17.5 Å². The molecule has 6 heteroatoms. The van der Waals surface area contributed by atoms with Gasteiger partial charge in [-0.15, -0.1) is 11.3 Å². The highest BCUT2D eigenvalue weighted by atomic mass is 32.1. The van der Waals surface area contributed by atoms with Gasteiger partial charge in [0.15, 0.2) is 0 Å². The molecule has 0 saturated carbocycles. The van der Waals surface area contributed by atoms with Gasteiger partial charge in [0.1, 0.15) is 18.0 Å². The van der Waals surface area contributed by atoms with Crippen LogP contribution in [0, 0.1) is 0 Å². The molecule has 0 saturated heterocycles. The summed E-state index contributed by atoms with van der Waals surface area (Å²) in [7, 11) is 2.04. The summed E-state index contributed by atoms with van der Waals surface area (Å²) in [6.45, 7) is 5.06. The molecule has 0 unspecified atom stereocenters. The van der Waals surface area contributed by atoms with Crippen molar-refractivity contribution in [3.05, 3.63) is 34.3 Å². The molecule has 102 valence electrons. The molecule has 0 aliphatic carbocycles. The fourth-order valence-corrected chi connectivity index (χ4v) is 2.81. The largest absolute Gasteiger partial charge is 0.354 e. The molecule has 3 N–H and O–H groups in total. The first-order valence-corrected chi connectivity index (χ1v) is 7.06. The number of hydrogen-bond donors (Lipinski definition) is 2. The zero-order chi connectivity index (χ0) is 13.8. The number of nitrogens with one attached hydrogen (secondary N) is 1. The molecule has 0 aromatic carbocycles. The van der Waals surface area contributed by atoms with Crippen molar-refractivity contribution in [1.29, 1.82) is 0 Å². The van der Waals surface area contributed by atoms with Crippen molar-refractivity contribution in [2.45, 2.75) is 26.3 Å². The minimum Gasteiger partial charge on any atom is -0.354 e. The van der Waals surface area contributed by atoms with Crippen LogP contribution in [0.25, 0.3) is 0 Å². The second-order valence-corrected chi connectivity index (χ2v) is 5.73. The van der Waals surface area contributed by atoms with Gasteiger partial charge >= 0.3 is 0 Å². The topological polar surface area (TPSA) is 67.1 Å². The highest BCUT2D eigenvalue weighted by Crippen LogP contribution is 2.30. The third kappa shape index (κ3) is 3.02. The molecule has 0 aliphatic heterocycles. The normalized spacial score (nSPS) is 10.8. The van der Waals surface area contributed by atoms with Crippen LogP contribution < -0.4 is 16.2 Å². The van der Waals surface area contributed by atoms with E-state index in [9.17, 15) is 0 Å². The Labute approximate surface area is 117 Å². The highest BCUT2D eigenvalue weighted by molar-refractivity contribution is 7.09. The van der Waals surface area contributed by atoms with E-state index in [1.54, 1.807) is 17.7 Å². The molecule has 2 heterocycles. The Balaban J connectivity index is 2.32. The summed E-state index contributed by atoms with van der Waals surface area (Å²) < 4.78 is 0. The molecule has 2 rings (SSSR count). The molecule has 0 aliphatic rings. The minimum absolute atomic E-state index is 0.299. The predicted molar refractivity (Wildman–Crippen MR) is 80.4 cm³/mol. The maximum atomic E-state index is 5.54. The Bertz CT molecular complexity index is 524. The van der Waals surface area contributed by atoms with Crippen LogP contribution in [0.2, 0.25) is 0 Å². The summed E-state index contributed by atoms with van der Waals surface area (Å²) >= 11 is 1.74. The summed E-state index contributed by atoms with van der Waals surface area (Å²) in [5.74, 6) is 7.45. The van der Waals surface area contributed by atoms with Crippen LogP contribution >= 0.6 is 11.3 Å². The van der Waals surface area contributed by atoms with Gasteiger partial charge in [-0.25, -0.2) is 15.8 Å². The molecule has 0 atom stereocenters. The number of anilines is 2. The first-order valence-electron chi connectivity index (χ1n) is 6.18. The lowest BCUT2D eigenvalue weighted by Crippen LogP contribution is -2.22. The number of thiophene rings is 1. The van der Waals surface area contributed by atoms with E-state index in [1.165, 1.54) is 4.88 Å². The summed E-state index contributed by atoms with van der Waals surface area (Å²) in [5.41, 5.74) is 3.70. The zero-order valence-electron chi connectivity index (χ0n) is 11.4. The summed E-state index contributed by atoms with van der Waals surface area (Å²) in [6, 6.07) is 4.18. The first kappa shape index (κ1) is 13.8. The predicted octanol–water partition coefficient (Wildman–Crippen LogP) is 2.58. The average Bonchev–Trinajstić information content (AvgIpc) is 2.90. The summed E-state index contributed by atoms with van der Waals surface area (Å²) in [4.78, 5) is 12.0. The van der Waals surface area contributed by atoms with Gasteiger partial charge in [-0.2, -0.15) is 0 Å². The molecule has 0 fully saturated rings. The van der Waals surface area contributed by atoms with Gasteiger partial charge in [-0.3, -0.25) is 0 Å². The van der Waals surface area contributed by atoms with Crippen LogP contribution in [-0.2, 0) is 6.54 Å². The van der Waals surface area contributed by atoms with Gasteiger partial charge in [0.2, 0.25) is 0 Å². The molecule has 0 spiro atoms. The van der Waals surface area contributed by atoms with Crippen molar-refractivity contribution < 1.29 is 0 Å². The van der Waals surface area contributed by atoms with E-state index in [4.69, 9.17) is 5.84 Å². The third-order valence-corrected chi connectivity index (χ3v) is 3.77. The van der Waals surface area contributed by atoms with Gasteiger partial charge < -0.3 is 10.3 Å². The molecule has 0 radical (unpaired) electrons. The van der Waals surface area contributed by atoms with E-state index >= 15 is 0 Å².